The monoisotopic (exact) mass is 386 g/mol. The van der Waals surface area contributed by atoms with Crippen LogP contribution in [0.3, 0.4) is 0 Å². The first-order valence-electron chi connectivity index (χ1n) is 8.23. The minimum atomic E-state index is -3.70. The Hall–Kier alpha value is -1.97. The number of amides is 1. The number of methoxy groups -OCH3 is 1. The van der Waals surface area contributed by atoms with Gasteiger partial charge in [0.2, 0.25) is 10.0 Å². The summed E-state index contributed by atoms with van der Waals surface area (Å²) in [5.74, 6) is -1.65. The number of carboxylic acid groups (broad SMARTS) is 1. The van der Waals surface area contributed by atoms with E-state index in [4.69, 9.17) is 9.84 Å². The van der Waals surface area contributed by atoms with Gasteiger partial charge >= 0.3 is 5.97 Å². The molecule has 0 fully saturated rings. The third kappa shape index (κ3) is 5.52. The van der Waals surface area contributed by atoms with Crippen LogP contribution in [0.4, 0.5) is 0 Å². The maximum Gasteiger partial charge on any atom is 0.305 e. The van der Waals surface area contributed by atoms with Gasteiger partial charge in [0.15, 0.2) is 0 Å². The number of hydrogen-bond donors (Lipinski definition) is 2. The first-order valence-corrected chi connectivity index (χ1v) is 9.67. The smallest absolute Gasteiger partial charge is 0.305 e. The fourth-order valence-electron chi connectivity index (χ4n) is 2.64. The summed E-state index contributed by atoms with van der Waals surface area (Å²) in [5, 5.41) is 11.7. The van der Waals surface area contributed by atoms with Gasteiger partial charge < -0.3 is 15.2 Å². The van der Waals surface area contributed by atoms with Crippen molar-refractivity contribution in [3.8, 4) is 0 Å². The zero-order valence-electron chi connectivity index (χ0n) is 15.5. The number of ether oxygens (including phenoxy) is 1. The van der Waals surface area contributed by atoms with Gasteiger partial charge in [0.05, 0.1) is 23.5 Å². The molecule has 1 unspecified atom stereocenters. The zero-order valence-corrected chi connectivity index (χ0v) is 16.3. The number of carbonyl (C=O) groups excluding carboxylic acids is 1. The SMILES string of the molecule is CCN(CC)S(=O)(=O)c1cccc(C(=O)NC(C)(COC)CC(=O)O)c1. The van der Waals surface area contributed by atoms with Crippen molar-refractivity contribution in [3.63, 3.8) is 0 Å². The van der Waals surface area contributed by atoms with Crippen LogP contribution in [0.1, 0.15) is 37.6 Å². The molecule has 0 heterocycles. The third-order valence-corrected chi connectivity index (χ3v) is 5.90. The first-order chi connectivity index (χ1) is 12.1. The molecule has 146 valence electrons. The molecule has 1 aromatic rings. The summed E-state index contributed by atoms with van der Waals surface area (Å²) in [6, 6.07) is 5.67. The Bertz CT molecular complexity index is 745. The Labute approximate surface area is 154 Å². The molecular weight excluding hydrogens is 360 g/mol. The molecule has 0 aliphatic rings. The molecule has 2 N–H and O–H groups in total. The number of sulfonamides is 1. The second kappa shape index (κ2) is 9.11. The van der Waals surface area contributed by atoms with Crippen LogP contribution in [0.5, 0.6) is 0 Å². The molecule has 0 saturated heterocycles. The predicted molar refractivity (Wildman–Crippen MR) is 96.5 cm³/mol. The highest BCUT2D eigenvalue weighted by Gasteiger charge is 2.30. The Morgan fingerprint density at radius 1 is 1.27 bits per heavy atom. The summed E-state index contributed by atoms with van der Waals surface area (Å²) < 4.78 is 31.5. The second-order valence-corrected chi connectivity index (χ2v) is 8.07. The van der Waals surface area contributed by atoms with E-state index in [0.29, 0.717) is 13.1 Å². The molecule has 8 nitrogen and oxygen atoms in total. The largest absolute Gasteiger partial charge is 0.481 e. The molecule has 0 radical (unpaired) electrons. The molecule has 1 rings (SSSR count). The summed E-state index contributed by atoms with van der Waals surface area (Å²) in [5.41, 5.74) is -0.989. The highest BCUT2D eigenvalue weighted by molar-refractivity contribution is 7.89. The number of nitrogens with zero attached hydrogens (tertiary/aromatic N) is 1. The second-order valence-electron chi connectivity index (χ2n) is 6.14. The zero-order chi connectivity index (χ0) is 20.0. The lowest BCUT2D eigenvalue weighted by Crippen LogP contribution is -2.50. The summed E-state index contributed by atoms with van der Waals surface area (Å²) in [7, 11) is -2.29. The van der Waals surface area contributed by atoms with Gasteiger partial charge in [-0.05, 0) is 25.1 Å². The van der Waals surface area contributed by atoms with Crippen LogP contribution in [-0.2, 0) is 19.6 Å². The van der Waals surface area contributed by atoms with E-state index in [2.05, 4.69) is 5.32 Å². The molecule has 26 heavy (non-hydrogen) atoms. The van der Waals surface area contributed by atoms with Crippen molar-refractivity contribution in [1.29, 1.82) is 0 Å². The number of hydrogen-bond acceptors (Lipinski definition) is 5. The molecule has 0 bridgehead atoms. The van der Waals surface area contributed by atoms with Crippen LogP contribution in [0.15, 0.2) is 29.2 Å². The van der Waals surface area contributed by atoms with Crippen molar-refractivity contribution in [1.82, 2.24) is 9.62 Å². The fraction of sp³-hybridized carbons (Fsp3) is 0.529. The lowest BCUT2D eigenvalue weighted by atomic mass is 9.98. The van der Waals surface area contributed by atoms with E-state index in [9.17, 15) is 18.0 Å². The van der Waals surface area contributed by atoms with Gasteiger partial charge in [0.1, 0.15) is 0 Å². The van der Waals surface area contributed by atoms with Crippen LogP contribution >= 0.6 is 0 Å². The lowest BCUT2D eigenvalue weighted by Gasteiger charge is -2.28. The van der Waals surface area contributed by atoms with E-state index in [1.807, 2.05) is 0 Å². The van der Waals surface area contributed by atoms with Crippen molar-refractivity contribution in [2.24, 2.45) is 0 Å². The highest BCUT2D eigenvalue weighted by atomic mass is 32.2. The lowest BCUT2D eigenvalue weighted by molar-refractivity contribution is -0.139. The molecule has 1 atom stereocenters. The maximum absolute atomic E-state index is 12.6. The Morgan fingerprint density at radius 2 is 1.88 bits per heavy atom. The van der Waals surface area contributed by atoms with E-state index in [-0.39, 0.29) is 23.5 Å². The van der Waals surface area contributed by atoms with Gasteiger partial charge in [-0.2, -0.15) is 4.31 Å². The van der Waals surface area contributed by atoms with Crippen molar-refractivity contribution in [2.75, 3.05) is 26.8 Å². The Morgan fingerprint density at radius 3 is 2.38 bits per heavy atom. The van der Waals surface area contributed by atoms with Crippen LogP contribution in [0, 0.1) is 0 Å². The quantitative estimate of drug-likeness (QED) is 0.627. The summed E-state index contributed by atoms with van der Waals surface area (Å²) >= 11 is 0. The summed E-state index contributed by atoms with van der Waals surface area (Å²) in [4.78, 5) is 23.6. The van der Waals surface area contributed by atoms with Gasteiger partial charge in [-0.25, -0.2) is 8.42 Å². The number of carboxylic acids is 1. The molecule has 1 aromatic carbocycles. The number of nitrogens with one attached hydrogen (secondary N) is 1. The van der Waals surface area contributed by atoms with Gasteiger partial charge in [-0.15, -0.1) is 0 Å². The fourth-order valence-corrected chi connectivity index (χ4v) is 4.14. The molecule has 0 aliphatic carbocycles. The summed E-state index contributed by atoms with van der Waals surface area (Å²) in [6.45, 7) is 5.67. The number of carbonyl (C=O) groups is 2. The van der Waals surface area contributed by atoms with E-state index in [0.717, 1.165) is 0 Å². The van der Waals surface area contributed by atoms with Crippen LogP contribution in [0.2, 0.25) is 0 Å². The van der Waals surface area contributed by atoms with Gasteiger partial charge in [-0.3, -0.25) is 9.59 Å². The molecule has 0 saturated carbocycles. The van der Waals surface area contributed by atoms with E-state index in [1.54, 1.807) is 20.8 Å². The molecule has 1 amide bonds. The topological polar surface area (TPSA) is 113 Å². The number of aliphatic carboxylic acids is 1. The average Bonchev–Trinajstić information content (AvgIpc) is 2.55. The minimum Gasteiger partial charge on any atom is -0.481 e. The predicted octanol–water partition coefficient (Wildman–Crippen LogP) is 1.33. The Kier molecular flexibility index (Phi) is 7.73. The molecular formula is C17H26N2O6S. The third-order valence-electron chi connectivity index (χ3n) is 3.86. The van der Waals surface area contributed by atoms with Gasteiger partial charge in [0, 0.05) is 25.8 Å². The van der Waals surface area contributed by atoms with Gasteiger partial charge in [0.25, 0.3) is 5.91 Å². The minimum absolute atomic E-state index is 0.00246. The molecule has 0 spiro atoms. The van der Waals surface area contributed by atoms with Crippen molar-refractivity contribution >= 4 is 21.9 Å². The highest BCUT2D eigenvalue weighted by Crippen LogP contribution is 2.18. The Balaban J connectivity index is 3.13. The van der Waals surface area contributed by atoms with E-state index < -0.39 is 27.4 Å². The molecule has 9 heteroatoms. The van der Waals surface area contributed by atoms with Crippen LogP contribution in [0.25, 0.3) is 0 Å². The molecule has 0 aliphatic heterocycles. The van der Waals surface area contributed by atoms with Crippen LogP contribution < -0.4 is 5.32 Å². The first kappa shape index (κ1) is 22.1. The van der Waals surface area contributed by atoms with Crippen molar-refractivity contribution in [2.45, 2.75) is 37.6 Å². The number of benzene rings is 1. The summed E-state index contributed by atoms with van der Waals surface area (Å²) in [6.07, 6.45) is -0.329. The van der Waals surface area contributed by atoms with Crippen molar-refractivity contribution in [3.05, 3.63) is 29.8 Å². The average molecular weight is 386 g/mol. The normalized spacial score (nSPS) is 14.0. The number of rotatable bonds is 10. The maximum atomic E-state index is 12.6. The van der Waals surface area contributed by atoms with E-state index >= 15 is 0 Å². The van der Waals surface area contributed by atoms with Gasteiger partial charge in [-0.1, -0.05) is 19.9 Å². The molecule has 0 aromatic heterocycles. The van der Waals surface area contributed by atoms with E-state index in [1.165, 1.54) is 35.7 Å². The van der Waals surface area contributed by atoms with Crippen LogP contribution in [-0.4, -0.2) is 62.1 Å². The van der Waals surface area contributed by atoms with Crippen molar-refractivity contribution < 1.29 is 27.9 Å². The standard InChI is InChI=1S/C17H26N2O6S/c1-5-19(6-2)26(23,24)14-9-7-8-13(10-14)16(22)18-17(3,12-25-4)11-15(20)21/h7-10H,5-6,11-12H2,1-4H3,(H,18,22)(H,20,21).